The maximum absolute atomic E-state index is 5.23. The number of rotatable bonds is 0. The Kier molecular flexibility index (Phi) is 1.44. The molecule has 1 rings (SSSR count). The number of aromatic nitrogens is 3. The summed E-state index contributed by atoms with van der Waals surface area (Å²) in [6, 6.07) is 0. The lowest BCUT2D eigenvalue weighted by Gasteiger charge is -1.91. The van der Waals surface area contributed by atoms with Crippen molar-refractivity contribution in [3.63, 3.8) is 0 Å². The van der Waals surface area contributed by atoms with Crippen molar-refractivity contribution >= 4 is 18.2 Å². The molecule has 1 aromatic rings. The average molecular weight is 142 g/mol. The van der Waals surface area contributed by atoms with Crippen LogP contribution in [0.15, 0.2) is 0 Å². The van der Waals surface area contributed by atoms with E-state index in [1.54, 1.807) is 6.92 Å². The molecule has 0 saturated heterocycles. The molecule has 3 N–H and O–H groups in total. The number of nitrogens with zero attached hydrogens (tertiary/aromatic N) is 2. The van der Waals surface area contributed by atoms with Crippen molar-refractivity contribution in [1.82, 2.24) is 15.2 Å². The minimum Gasteiger partial charge on any atom is -0.368 e. The van der Waals surface area contributed by atoms with E-state index >= 15 is 0 Å². The minimum absolute atomic E-state index is 0.255. The Morgan fingerprint density at radius 3 is 2.78 bits per heavy atom. The first-order chi connectivity index (χ1) is 4.20. The lowest BCUT2D eigenvalue weighted by atomic mass is 10.5. The smallest absolute Gasteiger partial charge is 0.215 e. The number of H-pyrrole nitrogens is 1. The molecule has 9 heavy (non-hydrogen) atoms. The predicted molar refractivity (Wildman–Crippen MR) is 36.4 cm³/mol. The molecule has 0 saturated carbocycles. The molecule has 0 aliphatic carbocycles. The molecule has 0 radical (unpaired) electrons. The van der Waals surface area contributed by atoms with E-state index in [0.717, 1.165) is 0 Å². The maximum atomic E-state index is 5.23. The van der Waals surface area contributed by atoms with Crippen molar-refractivity contribution in [2.45, 2.75) is 6.92 Å². The van der Waals surface area contributed by atoms with Crippen LogP contribution in [0.5, 0.6) is 0 Å². The molecular weight excluding hydrogens is 136 g/mol. The van der Waals surface area contributed by atoms with Crippen molar-refractivity contribution in [2.75, 3.05) is 5.73 Å². The molecule has 0 aliphatic rings. The molecule has 1 aromatic heterocycles. The second-order valence-electron chi connectivity index (χ2n) is 1.61. The van der Waals surface area contributed by atoms with Gasteiger partial charge in [-0.15, -0.1) is 0 Å². The third-order valence-electron chi connectivity index (χ3n) is 0.870. The highest BCUT2D eigenvalue weighted by atomic mass is 32.1. The quantitative estimate of drug-likeness (QED) is 0.515. The van der Waals surface area contributed by atoms with Gasteiger partial charge in [0.25, 0.3) is 0 Å². The van der Waals surface area contributed by atoms with Crippen LogP contribution in [-0.4, -0.2) is 15.2 Å². The van der Waals surface area contributed by atoms with Crippen LogP contribution in [0.4, 0.5) is 5.95 Å². The van der Waals surface area contributed by atoms with E-state index < -0.39 is 0 Å². The van der Waals surface area contributed by atoms with Crippen LogP contribution in [0.3, 0.4) is 0 Å². The summed E-state index contributed by atoms with van der Waals surface area (Å²) in [5.41, 5.74) is 5.93. The van der Waals surface area contributed by atoms with Gasteiger partial charge in [-0.3, -0.25) is 0 Å². The first-order valence-corrected chi connectivity index (χ1v) is 2.80. The van der Waals surface area contributed by atoms with E-state index in [9.17, 15) is 0 Å². The molecule has 0 aliphatic heterocycles. The number of aryl methyl sites for hydroxylation is 1. The molecule has 5 heteroatoms. The van der Waals surface area contributed by atoms with Gasteiger partial charge >= 0.3 is 0 Å². The summed E-state index contributed by atoms with van der Waals surface area (Å²) in [6.07, 6.45) is 0. The molecule has 1 heterocycles. The monoisotopic (exact) mass is 142 g/mol. The second kappa shape index (κ2) is 2.10. The Bertz CT molecular complexity index is 266. The zero-order valence-electron chi connectivity index (χ0n) is 4.88. The fourth-order valence-electron chi connectivity index (χ4n) is 0.404. The standard InChI is InChI=1S/C4H6N4S/c1-2-3(9)6-4(5)8-7-2/h1H3,(H3,5,6,8,9). The summed E-state index contributed by atoms with van der Waals surface area (Å²) in [5.74, 6) is 0.255. The number of nitrogen functional groups attached to an aromatic ring is 1. The Balaban J connectivity index is 3.34. The zero-order chi connectivity index (χ0) is 6.85. The zero-order valence-corrected chi connectivity index (χ0v) is 5.70. The lowest BCUT2D eigenvalue weighted by Crippen LogP contribution is -1.98. The summed E-state index contributed by atoms with van der Waals surface area (Å²) < 4.78 is 0.450. The van der Waals surface area contributed by atoms with Crippen LogP contribution in [0.2, 0.25) is 0 Å². The van der Waals surface area contributed by atoms with Crippen LogP contribution in [0, 0.1) is 11.6 Å². The largest absolute Gasteiger partial charge is 0.368 e. The van der Waals surface area contributed by atoms with Crippen molar-refractivity contribution < 1.29 is 0 Å². The fraction of sp³-hybridized carbons (Fsp3) is 0.250. The minimum atomic E-state index is 0.255. The van der Waals surface area contributed by atoms with Gasteiger partial charge in [0.2, 0.25) is 5.95 Å². The highest BCUT2D eigenvalue weighted by Gasteiger charge is 1.89. The molecule has 0 fully saturated rings. The Hall–Kier alpha value is -0.970. The molecule has 0 amide bonds. The second-order valence-corrected chi connectivity index (χ2v) is 2.00. The maximum Gasteiger partial charge on any atom is 0.215 e. The molecule has 4 nitrogen and oxygen atoms in total. The van der Waals surface area contributed by atoms with Crippen LogP contribution in [-0.2, 0) is 0 Å². The average Bonchev–Trinajstić information content (AvgIpc) is 1.80. The summed E-state index contributed by atoms with van der Waals surface area (Å²) in [5, 5.41) is 6.25. The normalized spacial score (nSPS) is 9.44. The van der Waals surface area contributed by atoms with Gasteiger partial charge in [0, 0.05) is 0 Å². The summed E-state index contributed by atoms with van der Waals surface area (Å²) in [4.78, 5) is 3.75. The number of anilines is 1. The van der Waals surface area contributed by atoms with E-state index in [1.807, 2.05) is 0 Å². The summed E-state index contributed by atoms with van der Waals surface area (Å²) in [6.45, 7) is 1.77. The third-order valence-corrected chi connectivity index (χ3v) is 1.26. The summed E-state index contributed by atoms with van der Waals surface area (Å²) >= 11 is 4.77. The van der Waals surface area contributed by atoms with E-state index in [0.29, 0.717) is 10.3 Å². The topological polar surface area (TPSA) is 67.6 Å². The van der Waals surface area contributed by atoms with Gasteiger partial charge < -0.3 is 5.73 Å². The Morgan fingerprint density at radius 2 is 2.33 bits per heavy atom. The number of hydrogen-bond donors (Lipinski definition) is 2. The van der Waals surface area contributed by atoms with Gasteiger partial charge in [-0.2, -0.15) is 5.10 Å². The van der Waals surface area contributed by atoms with E-state index in [4.69, 9.17) is 18.0 Å². The number of aromatic amines is 1. The van der Waals surface area contributed by atoms with Crippen molar-refractivity contribution in [3.05, 3.63) is 10.3 Å². The molecule has 48 valence electrons. The molecule has 0 spiro atoms. The molecular formula is C4H6N4S. The highest BCUT2D eigenvalue weighted by Crippen LogP contribution is 1.92. The molecule has 0 unspecified atom stereocenters. The van der Waals surface area contributed by atoms with Gasteiger partial charge in [-0.25, -0.2) is 10.1 Å². The summed E-state index contributed by atoms with van der Waals surface area (Å²) in [7, 11) is 0. The Labute approximate surface area is 57.1 Å². The third kappa shape index (κ3) is 1.23. The number of nitrogens with one attached hydrogen (secondary N) is 1. The number of nitrogens with two attached hydrogens (primary N) is 1. The first-order valence-electron chi connectivity index (χ1n) is 2.39. The van der Waals surface area contributed by atoms with Gasteiger partial charge in [0.15, 0.2) is 4.64 Å². The number of hydrogen-bond acceptors (Lipinski definition) is 4. The van der Waals surface area contributed by atoms with Gasteiger partial charge in [-0.1, -0.05) is 12.2 Å². The van der Waals surface area contributed by atoms with Gasteiger partial charge in [0.1, 0.15) is 0 Å². The van der Waals surface area contributed by atoms with Crippen molar-refractivity contribution in [2.24, 2.45) is 0 Å². The predicted octanol–water partition coefficient (Wildman–Crippen LogP) is 0.425. The van der Waals surface area contributed by atoms with Gasteiger partial charge in [-0.05, 0) is 6.92 Å². The van der Waals surface area contributed by atoms with E-state index in [-0.39, 0.29) is 5.95 Å². The van der Waals surface area contributed by atoms with Crippen LogP contribution < -0.4 is 5.73 Å². The van der Waals surface area contributed by atoms with E-state index in [1.165, 1.54) is 0 Å². The highest BCUT2D eigenvalue weighted by molar-refractivity contribution is 7.71. The van der Waals surface area contributed by atoms with Crippen LogP contribution in [0.1, 0.15) is 5.69 Å². The lowest BCUT2D eigenvalue weighted by molar-refractivity contribution is 0.930. The molecule has 0 atom stereocenters. The van der Waals surface area contributed by atoms with Gasteiger partial charge in [0.05, 0.1) is 5.69 Å². The van der Waals surface area contributed by atoms with Crippen LogP contribution in [0.25, 0.3) is 0 Å². The van der Waals surface area contributed by atoms with Crippen LogP contribution >= 0.6 is 12.2 Å². The van der Waals surface area contributed by atoms with E-state index in [2.05, 4.69) is 15.2 Å². The first kappa shape index (κ1) is 6.15. The Morgan fingerprint density at radius 1 is 1.67 bits per heavy atom. The fourth-order valence-corrected chi connectivity index (χ4v) is 0.548. The molecule has 0 bridgehead atoms. The SMILES string of the molecule is Cc1n[nH]c(N)nc1=S. The molecule has 0 aromatic carbocycles. The van der Waals surface area contributed by atoms with Crippen molar-refractivity contribution in [3.8, 4) is 0 Å². The van der Waals surface area contributed by atoms with Crippen molar-refractivity contribution in [1.29, 1.82) is 0 Å².